The van der Waals surface area contributed by atoms with Gasteiger partial charge in [-0.2, -0.15) is 0 Å². The minimum atomic E-state index is -0.136. The first-order valence-corrected chi connectivity index (χ1v) is 8.80. The number of carbonyl (C=O) groups is 1. The Morgan fingerprint density at radius 1 is 1.16 bits per heavy atom. The summed E-state index contributed by atoms with van der Waals surface area (Å²) in [7, 11) is 0. The van der Waals surface area contributed by atoms with E-state index in [9.17, 15) is 4.79 Å². The summed E-state index contributed by atoms with van der Waals surface area (Å²) in [5.41, 5.74) is 2.89. The van der Waals surface area contributed by atoms with Gasteiger partial charge in [0.15, 0.2) is 5.11 Å². The number of rotatable bonds is 6. The van der Waals surface area contributed by atoms with Gasteiger partial charge in [0.25, 0.3) is 0 Å². The van der Waals surface area contributed by atoms with E-state index in [1.807, 2.05) is 62.4 Å². The minimum absolute atomic E-state index is 0.136. The molecule has 0 fully saturated rings. The molecule has 0 aliphatic heterocycles. The van der Waals surface area contributed by atoms with Crippen molar-refractivity contribution in [3.05, 3.63) is 59.7 Å². The second kappa shape index (κ2) is 9.18. The summed E-state index contributed by atoms with van der Waals surface area (Å²) >= 11 is 5.21. The molecule has 0 bridgehead atoms. The number of thiocarbonyl (C=S) groups is 1. The maximum atomic E-state index is 12.1. The van der Waals surface area contributed by atoms with E-state index in [0.29, 0.717) is 6.42 Å². The lowest BCUT2D eigenvalue weighted by atomic mass is 10.1. The normalized spacial score (nSPS) is 11.5. The number of benzene rings is 2. The Bertz CT molecular complexity index is 729. The summed E-state index contributed by atoms with van der Waals surface area (Å²) in [6, 6.07) is 15.3. The molecule has 0 saturated heterocycles. The highest BCUT2D eigenvalue weighted by Gasteiger charge is 2.08. The third-order valence-electron chi connectivity index (χ3n) is 3.89. The Balaban J connectivity index is 1.85. The Hall–Kier alpha value is -2.40. The van der Waals surface area contributed by atoms with Gasteiger partial charge in [-0.1, -0.05) is 31.2 Å². The smallest absolute Gasteiger partial charge is 0.230 e. The molecule has 0 aliphatic carbocycles. The average Bonchev–Trinajstić information content (AvgIpc) is 2.58. The standard InChI is InChI=1S/C20H24N2O2S/c1-4-15(3)24-18-11-9-17(10-12-18)21-20(25)22-19(23)13-16-8-6-5-7-14(16)2/h5-12,15H,4,13H2,1-3H3,(H2,21,22,23,25). The van der Waals surface area contributed by atoms with Crippen molar-refractivity contribution in [1.82, 2.24) is 5.32 Å². The molecule has 2 rings (SSSR count). The first-order chi connectivity index (χ1) is 12.0. The third kappa shape index (κ3) is 6.19. The zero-order valence-corrected chi connectivity index (χ0v) is 15.7. The van der Waals surface area contributed by atoms with Crippen LogP contribution < -0.4 is 15.4 Å². The molecule has 1 atom stereocenters. The molecule has 2 aromatic carbocycles. The summed E-state index contributed by atoms with van der Waals surface area (Å²) in [5, 5.41) is 6.01. The van der Waals surface area contributed by atoms with E-state index in [1.54, 1.807) is 0 Å². The quantitative estimate of drug-likeness (QED) is 0.761. The van der Waals surface area contributed by atoms with Crippen molar-refractivity contribution >= 4 is 28.9 Å². The molecule has 25 heavy (non-hydrogen) atoms. The monoisotopic (exact) mass is 356 g/mol. The lowest BCUT2D eigenvalue weighted by molar-refractivity contribution is -0.119. The fraction of sp³-hybridized carbons (Fsp3) is 0.300. The molecular weight excluding hydrogens is 332 g/mol. The topological polar surface area (TPSA) is 50.4 Å². The van der Waals surface area contributed by atoms with E-state index in [-0.39, 0.29) is 17.1 Å². The van der Waals surface area contributed by atoms with Gasteiger partial charge in [0.05, 0.1) is 12.5 Å². The summed E-state index contributed by atoms with van der Waals surface area (Å²) in [6.07, 6.45) is 1.44. The van der Waals surface area contributed by atoms with Crippen LogP contribution >= 0.6 is 12.2 Å². The van der Waals surface area contributed by atoms with Gasteiger partial charge in [-0.25, -0.2) is 0 Å². The SMILES string of the molecule is CCC(C)Oc1ccc(NC(=S)NC(=O)Cc2ccccc2C)cc1. The maximum Gasteiger partial charge on any atom is 0.230 e. The highest BCUT2D eigenvalue weighted by Crippen LogP contribution is 2.17. The van der Waals surface area contributed by atoms with Gasteiger partial charge in [0.1, 0.15) is 5.75 Å². The Labute approximate surface area is 154 Å². The van der Waals surface area contributed by atoms with Gasteiger partial charge in [0, 0.05) is 5.69 Å². The van der Waals surface area contributed by atoms with E-state index in [1.165, 1.54) is 0 Å². The highest BCUT2D eigenvalue weighted by molar-refractivity contribution is 7.80. The molecule has 1 unspecified atom stereocenters. The average molecular weight is 356 g/mol. The molecule has 4 nitrogen and oxygen atoms in total. The van der Waals surface area contributed by atoms with Crippen LogP contribution in [0.25, 0.3) is 0 Å². The van der Waals surface area contributed by atoms with Crippen molar-refractivity contribution < 1.29 is 9.53 Å². The van der Waals surface area contributed by atoms with Gasteiger partial charge in [-0.15, -0.1) is 0 Å². The van der Waals surface area contributed by atoms with Gasteiger partial charge in [-0.05, 0) is 67.9 Å². The number of amides is 1. The van der Waals surface area contributed by atoms with E-state index < -0.39 is 0 Å². The minimum Gasteiger partial charge on any atom is -0.491 e. The van der Waals surface area contributed by atoms with E-state index in [0.717, 1.165) is 29.0 Å². The predicted octanol–water partition coefficient (Wildman–Crippen LogP) is 4.23. The van der Waals surface area contributed by atoms with Crippen LogP contribution in [0.4, 0.5) is 5.69 Å². The van der Waals surface area contributed by atoms with Crippen LogP contribution in [0.5, 0.6) is 5.75 Å². The van der Waals surface area contributed by atoms with Crippen molar-refractivity contribution in [3.8, 4) is 5.75 Å². The van der Waals surface area contributed by atoms with Crippen molar-refractivity contribution in [2.24, 2.45) is 0 Å². The van der Waals surface area contributed by atoms with Gasteiger partial charge < -0.3 is 15.4 Å². The number of nitrogens with one attached hydrogen (secondary N) is 2. The van der Waals surface area contributed by atoms with Gasteiger partial charge in [-0.3, -0.25) is 4.79 Å². The maximum absolute atomic E-state index is 12.1. The van der Waals surface area contributed by atoms with E-state index in [2.05, 4.69) is 17.6 Å². The van der Waals surface area contributed by atoms with Crippen molar-refractivity contribution in [3.63, 3.8) is 0 Å². The van der Waals surface area contributed by atoms with Crippen molar-refractivity contribution in [1.29, 1.82) is 0 Å². The fourth-order valence-electron chi connectivity index (χ4n) is 2.25. The zero-order chi connectivity index (χ0) is 18.2. The molecule has 0 saturated carbocycles. The van der Waals surface area contributed by atoms with Crippen molar-refractivity contribution in [2.45, 2.75) is 39.7 Å². The molecule has 1 amide bonds. The number of carbonyl (C=O) groups excluding carboxylic acids is 1. The highest BCUT2D eigenvalue weighted by atomic mass is 32.1. The van der Waals surface area contributed by atoms with Crippen LogP contribution in [0.3, 0.4) is 0 Å². The van der Waals surface area contributed by atoms with Crippen LogP contribution in [0.1, 0.15) is 31.4 Å². The first-order valence-electron chi connectivity index (χ1n) is 8.40. The molecule has 0 heterocycles. The summed E-state index contributed by atoms with van der Waals surface area (Å²) < 4.78 is 5.74. The fourth-order valence-corrected chi connectivity index (χ4v) is 2.48. The Morgan fingerprint density at radius 3 is 2.48 bits per heavy atom. The molecule has 2 aromatic rings. The number of hydrogen-bond acceptors (Lipinski definition) is 3. The lowest BCUT2D eigenvalue weighted by Gasteiger charge is -2.14. The third-order valence-corrected chi connectivity index (χ3v) is 4.09. The molecule has 0 radical (unpaired) electrons. The summed E-state index contributed by atoms with van der Waals surface area (Å²) in [4.78, 5) is 12.1. The Morgan fingerprint density at radius 2 is 1.84 bits per heavy atom. The number of ether oxygens (including phenoxy) is 1. The van der Waals surface area contributed by atoms with E-state index in [4.69, 9.17) is 17.0 Å². The second-order valence-electron chi connectivity index (χ2n) is 5.97. The van der Waals surface area contributed by atoms with Crippen LogP contribution in [0.2, 0.25) is 0 Å². The van der Waals surface area contributed by atoms with Crippen LogP contribution in [0.15, 0.2) is 48.5 Å². The lowest BCUT2D eigenvalue weighted by Crippen LogP contribution is -2.35. The Kier molecular flexibility index (Phi) is 6.95. The van der Waals surface area contributed by atoms with Gasteiger partial charge >= 0.3 is 0 Å². The number of aryl methyl sites for hydroxylation is 1. The van der Waals surface area contributed by atoms with E-state index >= 15 is 0 Å². The molecule has 0 aliphatic rings. The van der Waals surface area contributed by atoms with Gasteiger partial charge in [0.2, 0.25) is 5.91 Å². The largest absolute Gasteiger partial charge is 0.491 e. The van der Waals surface area contributed by atoms with Crippen LogP contribution in [-0.2, 0) is 11.2 Å². The summed E-state index contributed by atoms with van der Waals surface area (Å²) in [5.74, 6) is 0.679. The predicted molar refractivity (Wildman–Crippen MR) is 106 cm³/mol. The summed E-state index contributed by atoms with van der Waals surface area (Å²) in [6.45, 7) is 6.10. The molecule has 0 aromatic heterocycles. The first kappa shape index (κ1) is 18.9. The molecular formula is C20H24N2O2S. The second-order valence-corrected chi connectivity index (χ2v) is 6.37. The number of anilines is 1. The van der Waals surface area contributed by atoms with Crippen molar-refractivity contribution in [2.75, 3.05) is 5.32 Å². The molecule has 2 N–H and O–H groups in total. The van der Waals surface area contributed by atoms with Crippen LogP contribution in [-0.4, -0.2) is 17.1 Å². The molecule has 0 spiro atoms. The molecule has 132 valence electrons. The van der Waals surface area contributed by atoms with Crippen LogP contribution in [0, 0.1) is 6.92 Å². The number of hydrogen-bond donors (Lipinski definition) is 2. The zero-order valence-electron chi connectivity index (χ0n) is 14.8. The molecule has 5 heteroatoms.